The van der Waals surface area contributed by atoms with Crippen molar-refractivity contribution in [2.75, 3.05) is 66.1 Å². The monoisotopic (exact) mass is 403 g/mol. The van der Waals surface area contributed by atoms with Gasteiger partial charge in [-0.05, 0) is 18.1 Å². The van der Waals surface area contributed by atoms with E-state index in [2.05, 4.69) is 20.1 Å². The Hall–Kier alpha value is -2.19. The second-order valence-corrected chi connectivity index (χ2v) is 7.92. The molecular weight excluding hydrogens is 373 g/mol. The number of rotatable bonds is 4. The number of benzene rings is 1. The fraction of sp³-hybridized carbons (Fsp3) is 0.619. The maximum absolute atomic E-state index is 14.0. The van der Waals surface area contributed by atoms with Gasteiger partial charge >= 0.3 is 0 Å². The number of amides is 1. The van der Waals surface area contributed by atoms with Crippen molar-refractivity contribution in [3.05, 3.63) is 35.6 Å². The molecule has 2 unspecified atom stereocenters. The zero-order valence-electron chi connectivity index (χ0n) is 17.0. The molecule has 2 atom stereocenters. The number of piperazine rings is 1. The average Bonchev–Trinajstić information content (AvgIpc) is 3.52. The Balaban J connectivity index is 1.23. The molecule has 158 valence electrons. The lowest BCUT2D eigenvalue weighted by Crippen LogP contribution is -2.55. The Morgan fingerprint density at radius 2 is 1.86 bits per heavy atom. The van der Waals surface area contributed by atoms with Gasteiger partial charge in [-0.15, -0.1) is 0 Å². The fourth-order valence-electron chi connectivity index (χ4n) is 4.16. The highest BCUT2D eigenvalue weighted by atomic mass is 19.1. The minimum atomic E-state index is -0.129. The summed E-state index contributed by atoms with van der Waals surface area (Å²) in [6.07, 6.45) is 0.925. The van der Waals surface area contributed by atoms with Crippen LogP contribution >= 0.6 is 0 Å². The zero-order chi connectivity index (χ0) is 20.2. The summed E-state index contributed by atoms with van der Waals surface area (Å²) in [5, 5.41) is 3.50. The van der Waals surface area contributed by atoms with Crippen LogP contribution in [-0.4, -0.2) is 98.7 Å². The van der Waals surface area contributed by atoms with Crippen molar-refractivity contribution < 1.29 is 13.9 Å². The van der Waals surface area contributed by atoms with Crippen LogP contribution in [0, 0.1) is 5.82 Å². The van der Waals surface area contributed by atoms with Crippen molar-refractivity contribution in [3.8, 4) is 0 Å². The third-order valence-electron chi connectivity index (χ3n) is 6.02. The van der Waals surface area contributed by atoms with E-state index in [1.165, 1.54) is 6.07 Å². The molecule has 1 saturated carbocycles. The van der Waals surface area contributed by atoms with Crippen LogP contribution in [0.3, 0.4) is 0 Å². The highest BCUT2D eigenvalue weighted by Gasteiger charge is 2.41. The summed E-state index contributed by atoms with van der Waals surface area (Å²) in [6.45, 7) is 6.45. The van der Waals surface area contributed by atoms with E-state index in [0.29, 0.717) is 32.8 Å². The van der Waals surface area contributed by atoms with Gasteiger partial charge in [-0.1, -0.05) is 18.2 Å². The number of hydrogen-bond donors (Lipinski definition) is 1. The van der Waals surface area contributed by atoms with Gasteiger partial charge < -0.3 is 19.9 Å². The summed E-state index contributed by atoms with van der Waals surface area (Å²) in [6, 6.07) is 7.24. The Morgan fingerprint density at radius 3 is 2.55 bits per heavy atom. The third-order valence-corrected chi connectivity index (χ3v) is 6.02. The van der Waals surface area contributed by atoms with E-state index in [1.807, 2.05) is 17.0 Å². The first-order valence-corrected chi connectivity index (χ1v) is 10.5. The Kier molecular flexibility index (Phi) is 6.30. The van der Waals surface area contributed by atoms with Gasteiger partial charge in [0.25, 0.3) is 0 Å². The minimum absolute atomic E-state index is 0.129. The van der Waals surface area contributed by atoms with Crippen LogP contribution in [0.1, 0.15) is 17.9 Å². The molecule has 1 N–H and O–H groups in total. The molecule has 1 aromatic carbocycles. The van der Waals surface area contributed by atoms with Crippen LogP contribution in [0.15, 0.2) is 29.3 Å². The molecule has 3 fully saturated rings. The van der Waals surface area contributed by atoms with Crippen molar-refractivity contribution >= 4 is 11.9 Å². The number of carbonyl (C=O) groups excluding carboxylic acids is 1. The summed E-state index contributed by atoms with van der Waals surface area (Å²) in [5.41, 5.74) is 0.784. The molecule has 8 heteroatoms. The quantitative estimate of drug-likeness (QED) is 0.594. The largest absolute Gasteiger partial charge is 0.378 e. The normalized spacial score (nSPS) is 25.8. The molecule has 2 aliphatic heterocycles. The van der Waals surface area contributed by atoms with Gasteiger partial charge in [0.15, 0.2) is 5.96 Å². The van der Waals surface area contributed by atoms with Crippen molar-refractivity contribution in [2.24, 2.45) is 4.99 Å². The van der Waals surface area contributed by atoms with Crippen molar-refractivity contribution in [3.63, 3.8) is 0 Å². The molecule has 3 aliphatic rings. The van der Waals surface area contributed by atoms with Crippen molar-refractivity contribution in [1.82, 2.24) is 20.0 Å². The molecule has 7 nitrogen and oxygen atoms in total. The molecule has 1 amide bonds. The molecule has 0 radical (unpaired) electrons. The number of ether oxygens (including phenoxy) is 1. The highest BCUT2D eigenvalue weighted by Crippen LogP contribution is 2.41. The first-order chi connectivity index (χ1) is 14.2. The van der Waals surface area contributed by atoms with Crippen LogP contribution in [0.25, 0.3) is 0 Å². The summed E-state index contributed by atoms with van der Waals surface area (Å²) >= 11 is 0. The molecule has 4 rings (SSSR count). The maximum atomic E-state index is 14.0. The van der Waals surface area contributed by atoms with E-state index >= 15 is 0 Å². The number of nitrogens with one attached hydrogen (secondary N) is 1. The van der Waals surface area contributed by atoms with Crippen molar-refractivity contribution in [1.29, 1.82) is 0 Å². The van der Waals surface area contributed by atoms with Gasteiger partial charge in [0, 0.05) is 58.3 Å². The SMILES string of the molecule is CN=C(NC1CC1c1ccccc1F)N1CCN(CC(=O)N2CCOCC2)CC1. The average molecular weight is 404 g/mol. The van der Waals surface area contributed by atoms with Gasteiger partial charge in [0.1, 0.15) is 5.82 Å². The molecule has 29 heavy (non-hydrogen) atoms. The molecule has 0 aromatic heterocycles. The summed E-state index contributed by atoms with van der Waals surface area (Å²) < 4.78 is 19.3. The van der Waals surface area contributed by atoms with E-state index < -0.39 is 0 Å². The fourth-order valence-corrected chi connectivity index (χ4v) is 4.16. The number of aliphatic imine (C=N–C) groups is 1. The van der Waals surface area contributed by atoms with E-state index in [0.717, 1.165) is 44.1 Å². The minimum Gasteiger partial charge on any atom is -0.378 e. The maximum Gasteiger partial charge on any atom is 0.236 e. The first kappa shape index (κ1) is 20.1. The second kappa shape index (κ2) is 9.09. The zero-order valence-corrected chi connectivity index (χ0v) is 17.0. The van der Waals surface area contributed by atoms with Crippen LogP contribution in [-0.2, 0) is 9.53 Å². The second-order valence-electron chi connectivity index (χ2n) is 7.92. The molecular formula is C21H30FN5O2. The molecule has 1 aromatic rings. The van der Waals surface area contributed by atoms with Crippen LogP contribution < -0.4 is 5.32 Å². The van der Waals surface area contributed by atoms with Crippen LogP contribution in [0.4, 0.5) is 4.39 Å². The predicted octanol–water partition coefficient (Wildman–Crippen LogP) is 0.733. The number of nitrogens with zero attached hydrogens (tertiary/aromatic N) is 4. The summed E-state index contributed by atoms with van der Waals surface area (Å²) in [4.78, 5) is 23.2. The summed E-state index contributed by atoms with van der Waals surface area (Å²) in [5.74, 6) is 1.14. The lowest BCUT2D eigenvalue weighted by atomic mass is 10.1. The molecule has 1 aliphatic carbocycles. The lowest BCUT2D eigenvalue weighted by Gasteiger charge is -2.37. The molecule has 2 heterocycles. The number of guanidine groups is 1. The molecule has 0 bridgehead atoms. The number of morpholine rings is 1. The third kappa shape index (κ3) is 4.87. The summed E-state index contributed by atoms with van der Waals surface area (Å²) in [7, 11) is 1.79. The topological polar surface area (TPSA) is 60.4 Å². The van der Waals surface area contributed by atoms with Gasteiger partial charge in [-0.3, -0.25) is 14.7 Å². The van der Waals surface area contributed by atoms with Crippen LogP contribution in [0.5, 0.6) is 0 Å². The number of halogens is 1. The Bertz CT molecular complexity index is 744. The highest BCUT2D eigenvalue weighted by molar-refractivity contribution is 5.81. The van der Waals surface area contributed by atoms with Gasteiger partial charge in [0.05, 0.1) is 19.8 Å². The van der Waals surface area contributed by atoms with Gasteiger partial charge in [-0.2, -0.15) is 0 Å². The number of carbonyl (C=O) groups is 1. The Labute approximate surface area is 171 Å². The van der Waals surface area contributed by atoms with Crippen molar-refractivity contribution in [2.45, 2.75) is 18.4 Å². The first-order valence-electron chi connectivity index (χ1n) is 10.5. The van der Waals surface area contributed by atoms with Crippen LogP contribution in [0.2, 0.25) is 0 Å². The van der Waals surface area contributed by atoms with Gasteiger partial charge in [0.2, 0.25) is 5.91 Å². The predicted molar refractivity (Wildman–Crippen MR) is 109 cm³/mol. The van der Waals surface area contributed by atoms with Gasteiger partial charge in [-0.25, -0.2) is 4.39 Å². The Morgan fingerprint density at radius 1 is 1.14 bits per heavy atom. The molecule has 0 spiro atoms. The lowest BCUT2D eigenvalue weighted by molar-refractivity contribution is -0.136. The smallest absolute Gasteiger partial charge is 0.236 e. The van der Waals surface area contributed by atoms with E-state index in [1.54, 1.807) is 13.1 Å². The standard InChI is InChI=1S/C21H30FN5O2/c1-23-21(24-19-14-17(19)16-4-2-3-5-18(16)22)27-8-6-25(7-9-27)15-20(28)26-10-12-29-13-11-26/h2-5,17,19H,6-15H2,1H3,(H,23,24). The molecule has 2 saturated heterocycles. The number of hydrogen-bond acceptors (Lipinski definition) is 4. The van der Waals surface area contributed by atoms with E-state index in [4.69, 9.17) is 4.74 Å². The van der Waals surface area contributed by atoms with E-state index in [9.17, 15) is 9.18 Å². The van der Waals surface area contributed by atoms with E-state index in [-0.39, 0.29) is 23.7 Å².